The lowest BCUT2D eigenvalue weighted by atomic mass is 10.0. The molecule has 1 aliphatic rings. The maximum absolute atomic E-state index is 8.88. The van der Waals surface area contributed by atoms with E-state index in [0.717, 1.165) is 25.2 Å². The molecule has 0 spiro atoms. The van der Waals surface area contributed by atoms with Gasteiger partial charge >= 0.3 is 0 Å². The van der Waals surface area contributed by atoms with Gasteiger partial charge in [-0.15, -0.1) is 0 Å². The number of aryl methyl sites for hydroxylation is 1. The Morgan fingerprint density at radius 2 is 2.36 bits per heavy atom. The highest BCUT2D eigenvalue weighted by molar-refractivity contribution is 5.39. The van der Waals surface area contributed by atoms with Gasteiger partial charge in [-0.2, -0.15) is 5.26 Å². The number of rotatable bonds is 0. The normalized spacial score (nSPS) is 16.1. The van der Waals surface area contributed by atoms with Crippen molar-refractivity contribution in [3.63, 3.8) is 0 Å². The van der Waals surface area contributed by atoms with E-state index in [4.69, 9.17) is 5.26 Å². The smallest absolute Gasteiger partial charge is 0.101 e. The highest BCUT2D eigenvalue weighted by atomic mass is 15.1. The molecule has 1 aromatic heterocycles. The van der Waals surface area contributed by atoms with Gasteiger partial charge in [0.15, 0.2) is 0 Å². The highest BCUT2D eigenvalue weighted by Crippen LogP contribution is 2.18. The van der Waals surface area contributed by atoms with Crippen molar-refractivity contribution in [1.29, 1.82) is 5.26 Å². The lowest BCUT2D eigenvalue weighted by Crippen LogP contribution is -2.27. The van der Waals surface area contributed by atoms with Crippen molar-refractivity contribution < 1.29 is 0 Å². The Hall–Kier alpha value is -1.40. The zero-order valence-electron chi connectivity index (χ0n) is 8.54. The van der Waals surface area contributed by atoms with Crippen LogP contribution in [0.25, 0.3) is 0 Å². The summed E-state index contributed by atoms with van der Waals surface area (Å²) >= 11 is 0. The van der Waals surface area contributed by atoms with Crippen molar-refractivity contribution in [3.05, 3.63) is 28.6 Å². The topological polar surface area (TPSA) is 39.9 Å². The number of nitrogens with zero attached hydrogens (tertiary/aromatic N) is 3. The Morgan fingerprint density at radius 1 is 1.57 bits per heavy atom. The van der Waals surface area contributed by atoms with Crippen LogP contribution in [0.15, 0.2) is 6.07 Å². The zero-order valence-corrected chi connectivity index (χ0v) is 8.54. The van der Waals surface area contributed by atoms with E-state index in [2.05, 4.69) is 23.0 Å². The van der Waals surface area contributed by atoms with Crippen LogP contribution in [0.2, 0.25) is 0 Å². The molecule has 0 aromatic carbocycles. The molecule has 0 bridgehead atoms. The molecule has 0 radical (unpaired) electrons. The van der Waals surface area contributed by atoms with Crippen molar-refractivity contribution in [2.24, 2.45) is 0 Å². The van der Waals surface area contributed by atoms with E-state index in [1.54, 1.807) is 0 Å². The summed E-state index contributed by atoms with van der Waals surface area (Å²) in [6, 6.07) is 4.16. The van der Waals surface area contributed by atoms with E-state index in [1.165, 1.54) is 11.3 Å². The van der Waals surface area contributed by atoms with Crippen LogP contribution in [-0.2, 0) is 13.0 Å². The van der Waals surface area contributed by atoms with E-state index in [9.17, 15) is 0 Å². The number of hydrogen-bond acceptors (Lipinski definition) is 3. The Morgan fingerprint density at radius 3 is 3.07 bits per heavy atom. The van der Waals surface area contributed by atoms with Gasteiger partial charge in [0.2, 0.25) is 0 Å². The number of aromatic nitrogens is 1. The van der Waals surface area contributed by atoms with Gasteiger partial charge in [0, 0.05) is 25.2 Å². The summed E-state index contributed by atoms with van der Waals surface area (Å²) in [4.78, 5) is 6.72. The molecule has 72 valence electrons. The largest absolute Gasteiger partial charge is 0.302 e. The summed E-state index contributed by atoms with van der Waals surface area (Å²) in [6.07, 6.45) is 0.998. The molecule has 0 aliphatic carbocycles. The van der Waals surface area contributed by atoms with Gasteiger partial charge in [0.25, 0.3) is 0 Å². The molecule has 0 atom stereocenters. The molecule has 1 aliphatic heterocycles. The monoisotopic (exact) mass is 187 g/mol. The molecule has 3 heteroatoms. The Balaban J connectivity index is 2.47. The number of nitriles is 1. The molecule has 0 unspecified atom stereocenters. The number of likely N-dealkylation sites (N-methyl/N-ethyl adjacent to an activating group) is 1. The summed E-state index contributed by atoms with van der Waals surface area (Å²) in [7, 11) is 2.09. The summed E-state index contributed by atoms with van der Waals surface area (Å²) < 4.78 is 0. The van der Waals surface area contributed by atoms with Gasteiger partial charge in [-0.3, -0.25) is 4.98 Å². The van der Waals surface area contributed by atoms with Crippen LogP contribution in [0, 0.1) is 18.3 Å². The van der Waals surface area contributed by atoms with Gasteiger partial charge < -0.3 is 4.90 Å². The van der Waals surface area contributed by atoms with E-state index in [0.29, 0.717) is 5.56 Å². The van der Waals surface area contributed by atoms with Gasteiger partial charge in [-0.25, -0.2) is 0 Å². The molecule has 0 amide bonds. The van der Waals surface area contributed by atoms with Crippen LogP contribution in [0.5, 0.6) is 0 Å². The fourth-order valence-electron chi connectivity index (χ4n) is 1.83. The third-order valence-corrected chi connectivity index (χ3v) is 2.67. The summed E-state index contributed by atoms with van der Waals surface area (Å²) in [5.74, 6) is 0. The fraction of sp³-hybridized carbons (Fsp3) is 0.455. The Bertz CT molecular complexity index is 404. The minimum Gasteiger partial charge on any atom is -0.302 e. The van der Waals surface area contributed by atoms with Crippen LogP contribution in [0.4, 0.5) is 0 Å². The van der Waals surface area contributed by atoms with Crippen LogP contribution < -0.4 is 0 Å². The molecule has 0 N–H and O–H groups in total. The van der Waals surface area contributed by atoms with E-state index >= 15 is 0 Å². The van der Waals surface area contributed by atoms with Gasteiger partial charge in [0.05, 0.1) is 11.3 Å². The average molecular weight is 187 g/mol. The van der Waals surface area contributed by atoms with E-state index in [-0.39, 0.29) is 0 Å². The maximum atomic E-state index is 8.88. The first kappa shape index (κ1) is 9.17. The number of fused-ring (bicyclic) bond motifs is 1. The summed E-state index contributed by atoms with van der Waals surface area (Å²) in [6.45, 7) is 3.87. The third kappa shape index (κ3) is 1.49. The van der Waals surface area contributed by atoms with Crippen molar-refractivity contribution in [1.82, 2.24) is 9.88 Å². The molecular formula is C11H13N3. The average Bonchev–Trinajstić information content (AvgIpc) is 2.17. The zero-order chi connectivity index (χ0) is 10.1. The second-order valence-corrected chi connectivity index (χ2v) is 3.83. The first-order chi connectivity index (χ1) is 6.70. The lowest BCUT2D eigenvalue weighted by Gasteiger charge is -2.24. The minimum absolute atomic E-state index is 0.707. The van der Waals surface area contributed by atoms with Gasteiger partial charge in [-0.1, -0.05) is 0 Å². The molecule has 2 rings (SSSR count). The predicted octanol–water partition coefficient (Wildman–Crippen LogP) is 1.25. The van der Waals surface area contributed by atoms with Crippen molar-refractivity contribution in [2.75, 3.05) is 13.6 Å². The molecule has 0 saturated carbocycles. The van der Waals surface area contributed by atoms with E-state index in [1.807, 2.05) is 13.0 Å². The molecular weight excluding hydrogens is 174 g/mol. The third-order valence-electron chi connectivity index (χ3n) is 2.67. The van der Waals surface area contributed by atoms with Crippen molar-refractivity contribution >= 4 is 0 Å². The molecule has 1 aromatic rings. The maximum Gasteiger partial charge on any atom is 0.101 e. The number of hydrogen-bond donors (Lipinski definition) is 0. The summed E-state index contributed by atoms with van der Waals surface area (Å²) in [5, 5.41) is 8.88. The molecule has 0 saturated heterocycles. The first-order valence-corrected chi connectivity index (χ1v) is 4.78. The van der Waals surface area contributed by atoms with Gasteiger partial charge in [0.1, 0.15) is 6.07 Å². The van der Waals surface area contributed by atoms with Crippen molar-refractivity contribution in [2.45, 2.75) is 19.9 Å². The molecule has 0 fully saturated rings. The van der Waals surface area contributed by atoms with E-state index < -0.39 is 0 Å². The number of pyridine rings is 1. The molecule has 2 heterocycles. The van der Waals surface area contributed by atoms with Crippen LogP contribution in [0.1, 0.15) is 22.5 Å². The Labute approximate surface area is 84.0 Å². The second-order valence-electron chi connectivity index (χ2n) is 3.83. The summed E-state index contributed by atoms with van der Waals surface area (Å²) in [5.41, 5.74) is 3.94. The van der Waals surface area contributed by atoms with Crippen LogP contribution >= 0.6 is 0 Å². The Kier molecular flexibility index (Phi) is 2.22. The molecule has 3 nitrogen and oxygen atoms in total. The SMILES string of the molecule is Cc1nc2c(cc1C#N)CN(C)CC2. The quantitative estimate of drug-likeness (QED) is 0.613. The van der Waals surface area contributed by atoms with Crippen molar-refractivity contribution in [3.8, 4) is 6.07 Å². The standard InChI is InChI=1S/C11H13N3/c1-8-9(6-12)5-10-7-14(2)4-3-11(10)13-8/h5H,3-4,7H2,1-2H3. The first-order valence-electron chi connectivity index (χ1n) is 4.78. The molecule has 14 heavy (non-hydrogen) atoms. The fourth-order valence-corrected chi connectivity index (χ4v) is 1.83. The highest BCUT2D eigenvalue weighted by Gasteiger charge is 2.15. The predicted molar refractivity (Wildman–Crippen MR) is 53.7 cm³/mol. The van der Waals surface area contributed by atoms with Gasteiger partial charge in [-0.05, 0) is 25.6 Å². The second kappa shape index (κ2) is 3.39. The lowest BCUT2D eigenvalue weighted by molar-refractivity contribution is 0.309. The minimum atomic E-state index is 0.707. The van der Waals surface area contributed by atoms with Crippen LogP contribution in [-0.4, -0.2) is 23.5 Å². The van der Waals surface area contributed by atoms with Crippen LogP contribution in [0.3, 0.4) is 0 Å².